The van der Waals surface area contributed by atoms with Gasteiger partial charge in [0.2, 0.25) is 0 Å². The van der Waals surface area contributed by atoms with Crippen molar-refractivity contribution in [3.05, 3.63) is 36.5 Å². The number of aliphatic hydroxyl groups excluding tert-OH is 1. The van der Waals surface area contributed by atoms with Crippen LogP contribution >= 0.6 is 0 Å². The van der Waals surface area contributed by atoms with E-state index in [1.165, 1.54) is 7.11 Å². The van der Waals surface area contributed by atoms with E-state index in [2.05, 4.69) is 33.9 Å². The van der Waals surface area contributed by atoms with Gasteiger partial charge in [0.05, 0.1) is 13.7 Å². The van der Waals surface area contributed by atoms with Crippen molar-refractivity contribution in [1.82, 2.24) is 0 Å². The molecule has 0 aromatic heterocycles. The lowest BCUT2D eigenvalue weighted by Crippen LogP contribution is -2.45. The first-order valence-electron chi connectivity index (χ1n) is 7.88. The van der Waals surface area contributed by atoms with Gasteiger partial charge in [-0.3, -0.25) is 0 Å². The molecule has 0 saturated heterocycles. The number of alkyl halides is 5. The number of carbonyl (C=O) groups is 3. The van der Waals surface area contributed by atoms with Crippen LogP contribution in [0.15, 0.2) is 36.5 Å². The van der Waals surface area contributed by atoms with Crippen molar-refractivity contribution < 1.29 is 55.7 Å². The fourth-order valence-corrected chi connectivity index (χ4v) is 0.792. The summed E-state index contributed by atoms with van der Waals surface area (Å²) in [6.07, 6.45) is -5.17. The van der Waals surface area contributed by atoms with E-state index in [1.807, 2.05) is 0 Å². The quantitative estimate of drug-likeness (QED) is 0.264. The third-order valence-electron chi connectivity index (χ3n) is 2.37. The molecule has 30 heavy (non-hydrogen) atoms. The van der Waals surface area contributed by atoms with Crippen LogP contribution in [0.3, 0.4) is 0 Å². The summed E-state index contributed by atoms with van der Waals surface area (Å²) in [5.74, 6) is -7.54. The molecule has 0 heterocycles. The Bertz CT molecular complexity index is 630. The SMILES string of the molecule is C=C(C)C(=O)OC.C=C(C)C(=O)OC(F)(F)C(F)(F)CF.C=C(C)C(=O)OCCO. The number of methoxy groups -OCH3 is 1. The van der Waals surface area contributed by atoms with Gasteiger partial charge in [-0.2, -0.15) is 17.6 Å². The normalized spacial score (nSPS) is 10.2. The van der Waals surface area contributed by atoms with E-state index in [0.717, 1.165) is 6.92 Å². The lowest BCUT2D eigenvalue weighted by molar-refractivity contribution is -0.331. The Labute approximate surface area is 170 Å². The van der Waals surface area contributed by atoms with Gasteiger partial charge < -0.3 is 19.3 Å². The Kier molecular flexibility index (Phi) is 16.1. The Hall–Kier alpha value is -2.76. The molecular weight excluding hydrogens is 423 g/mol. The van der Waals surface area contributed by atoms with Gasteiger partial charge in [-0.05, 0) is 20.8 Å². The minimum absolute atomic E-state index is 0.0473. The number of hydrogen-bond acceptors (Lipinski definition) is 7. The fraction of sp³-hybridized carbons (Fsp3) is 0.500. The maximum absolute atomic E-state index is 12.3. The number of hydrogen-bond donors (Lipinski definition) is 1. The summed E-state index contributed by atoms with van der Waals surface area (Å²) in [6.45, 7) is 11.0. The number of esters is 3. The predicted octanol–water partition coefficient (Wildman–Crippen LogP) is 3.14. The van der Waals surface area contributed by atoms with Crippen molar-refractivity contribution in [3.63, 3.8) is 0 Å². The first kappa shape index (κ1) is 31.9. The first-order valence-corrected chi connectivity index (χ1v) is 7.88. The lowest BCUT2D eigenvalue weighted by atomic mass is 10.3. The molecule has 7 nitrogen and oxygen atoms in total. The summed E-state index contributed by atoms with van der Waals surface area (Å²) in [7, 11) is 1.33. The van der Waals surface area contributed by atoms with Crippen molar-refractivity contribution in [1.29, 1.82) is 0 Å². The number of rotatable bonds is 8. The van der Waals surface area contributed by atoms with Crippen LogP contribution in [-0.4, -0.2) is 62.0 Å². The maximum Gasteiger partial charge on any atom is 0.469 e. The highest BCUT2D eigenvalue weighted by molar-refractivity contribution is 5.87. The summed E-state index contributed by atoms with van der Waals surface area (Å²) in [6, 6.07) is 0. The third-order valence-corrected chi connectivity index (χ3v) is 2.37. The molecule has 0 saturated carbocycles. The minimum atomic E-state index is -5.17. The molecule has 0 aliphatic carbocycles. The van der Waals surface area contributed by atoms with Gasteiger partial charge in [-0.15, -0.1) is 0 Å². The van der Waals surface area contributed by atoms with Crippen LogP contribution in [0.5, 0.6) is 0 Å². The molecule has 0 aliphatic heterocycles. The largest absolute Gasteiger partial charge is 0.469 e. The van der Waals surface area contributed by atoms with Gasteiger partial charge in [0.1, 0.15) is 6.61 Å². The van der Waals surface area contributed by atoms with Crippen LogP contribution in [0.1, 0.15) is 20.8 Å². The van der Waals surface area contributed by atoms with E-state index in [0.29, 0.717) is 11.1 Å². The summed E-state index contributed by atoms with van der Waals surface area (Å²) in [4.78, 5) is 31.1. The number of carbonyl (C=O) groups excluding carboxylic acids is 3. The molecule has 12 heteroatoms. The molecule has 0 unspecified atom stereocenters. The van der Waals surface area contributed by atoms with Gasteiger partial charge >= 0.3 is 29.9 Å². The molecule has 0 spiro atoms. The topological polar surface area (TPSA) is 99.1 Å². The van der Waals surface area contributed by atoms with E-state index in [-0.39, 0.29) is 19.2 Å². The van der Waals surface area contributed by atoms with Crippen molar-refractivity contribution in [3.8, 4) is 0 Å². The summed E-state index contributed by atoms with van der Waals surface area (Å²) in [5.41, 5.74) is 0.297. The number of halogens is 5. The predicted molar refractivity (Wildman–Crippen MR) is 96.5 cm³/mol. The van der Waals surface area contributed by atoms with E-state index in [4.69, 9.17) is 5.11 Å². The highest BCUT2D eigenvalue weighted by Gasteiger charge is 2.60. The lowest BCUT2D eigenvalue weighted by Gasteiger charge is -2.22. The van der Waals surface area contributed by atoms with Crippen molar-refractivity contribution >= 4 is 17.9 Å². The summed E-state index contributed by atoms with van der Waals surface area (Å²) >= 11 is 0. The maximum atomic E-state index is 12.3. The molecule has 0 aliphatic rings. The van der Waals surface area contributed by atoms with E-state index < -0.39 is 36.2 Å². The van der Waals surface area contributed by atoms with Crippen LogP contribution in [-0.2, 0) is 28.6 Å². The number of ether oxygens (including phenoxy) is 3. The Morgan fingerprint density at radius 3 is 1.50 bits per heavy atom. The summed E-state index contributed by atoms with van der Waals surface area (Å²) in [5, 5.41) is 8.19. The monoisotopic (exact) mass is 448 g/mol. The second kappa shape index (κ2) is 15.1. The van der Waals surface area contributed by atoms with E-state index in [9.17, 15) is 36.3 Å². The first-order chi connectivity index (χ1) is 13.5. The van der Waals surface area contributed by atoms with Gasteiger partial charge in [0.25, 0.3) is 0 Å². The van der Waals surface area contributed by atoms with Crippen molar-refractivity contribution in [2.24, 2.45) is 0 Å². The van der Waals surface area contributed by atoms with Crippen LogP contribution in [0.25, 0.3) is 0 Å². The second-order valence-electron chi connectivity index (χ2n) is 5.44. The molecule has 0 radical (unpaired) electrons. The second-order valence-corrected chi connectivity index (χ2v) is 5.44. The molecular formula is C18H25F5O7. The standard InChI is InChI=1S/C7H7F5O2.C6H10O3.C5H8O2/c1-4(2)5(13)14-7(11,12)6(9,10)3-8;1-5(2)6(8)9-4-3-7;1-4(2)5(6)7-3/h1,3H2,2H3;7H,1,3-4H2,2H3;1H2,2-3H3. The van der Waals surface area contributed by atoms with Crippen LogP contribution in [0.4, 0.5) is 22.0 Å². The Balaban J connectivity index is -0.000000393. The molecule has 0 bridgehead atoms. The van der Waals surface area contributed by atoms with E-state index in [1.54, 1.807) is 13.8 Å². The Morgan fingerprint density at radius 1 is 0.867 bits per heavy atom. The van der Waals surface area contributed by atoms with Crippen molar-refractivity contribution in [2.45, 2.75) is 32.8 Å². The average molecular weight is 448 g/mol. The molecule has 1 N–H and O–H groups in total. The van der Waals surface area contributed by atoms with Crippen molar-refractivity contribution in [2.75, 3.05) is 27.0 Å². The molecule has 0 amide bonds. The average Bonchev–Trinajstić information content (AvgIpc) is 2.65. The molecule has 0 aromatic rings. The minimum Gasteiger partial charge on any atom is -0.466 e. The van der Waals surface area contributed by atoms with Gasteiger partial charge in [-0.1, -0.05) is 19.7 Å². The zero-order chi connectivity index (χ0) is 24.7. The molecule has 174 valence electrons. The van der Waals surface area contributed by atoms with Crippen LogP contribution in [0, 0.1) is 0 Å². The fourth-order valence-electron chi connectivity index (χ4n) is 0.792. The van der Waals surface area contributed by atoms with Crippen LogP contribution < -0.4 is 0 Å². The number of aliphatic hydroxyl groups is 1. The zero-order valence-electron chi connectivity index (χ0n) is 17.0. The highest BCUT2D eigenvalue weighted by Crippen LogP contribution is 2.36. The summed E-state index contributed by atoms with van der Waals surface area (Å²) < 4.78 is 72.2. The van der Waals surface area contributed by atoms with Gasteiger partial charge in [0.15, 0.2) is 6.67 Å². The zero-order valence-corrected chi connectivity index (χ0v) is 17.0. The highest BCUT2D eigenvalue weighted by atomic mass is 19.3. The molecule has 0 fully saturated rings. The van der Waals surface area contributed by atoms with Gasteiger partial charge in [-0.25, -0.2) is 18.8 Å². The van der Waals surface area contributed by atoms with Gasteiger partial charge in [0, 0.05) is 16.7 Å². The smallest absolute Gasteiger partial charge is 0.466 e. The Morgan fingerprint density at radius 2 is 1.27 bits per heavy atom. The molecule has 0 aromatic carbocycles. The molecule has 0 atom stereocenters. The third kappa shape index (κ3) is 14.3. The van der Waals surface area contributed by atoms with E-state index >= 15 is 0 Å². The van der Waals surface area contributed by atoms with Crippen LogP contribution in [0.2, 0.25) is 0 Å². The molecule has 0 rings (SSSR count).